The molecule has 0 aliphatic carbocycles. The molecule has 1 aliphatic rings. The van der Waals surface area contributed by atoms with Crippen molar-refractivity contribution in [2.75, 3.05) is 13.7 Å². The maximum Gasteiger partial charge on any atom is 0.213 e. The predicted octanol–water partition coefficient (Wildman–Crippen LogP) is 1.52. The first-order chi connectivity index (χ1) is 8.20. The molecule has 0 radical (unpaired) electrons. The number of rotatable bonds is 4. The van der Waals surface area contributed by atoms with E-state index < -0.39 is 10.8 Å². The van der Waals surface area contributed by atoms with Crippen molar-refractivity contribution in [3.8, 4) is 5.88 Å². The Morgan fingerprint density at radius 3 is 3.06 bits per heavy atom. The monoisotopic (exact) mass is 255 g/mol. The Balaban J connectivity index is 2.02. The number of hydrogen-bond acceptors (Lipinski definition) is 4. The summed E-state index contributed by atoms with van der Waals surface area (Å²) in [6.45, 7) is 2.69. The van der Waals surface area contributed by atoms with Gasteiger partial charge in [0.1, 0.15) is 0 Å². The van der Waals surface area contributed by atoms with Crippen molar-refractivity contribution in [2.24, 2.45) is 0 Å². The second-order valence-corrected chi connectivity index (χ2v) is 5.76. The van der Waals surface area contributed by atoms with Crippen LogP contribution in [-0.4, -0.2) is 34.3 Å². The molecule has 0 saturated carbocycles. The third kappa shape index (κ3) is 3.04. The van der Waals surface area contributed by atoms with Crippen molar-refractivity contribution in [1.82, 2.24) is 4.98 Å². The summed E-state index contributed by atoms with van der Waals surface area (Å²) >= 11 is 0. The molecule has 0 bridgehead atoms. The molecule has 2 heterocycles. The molecule has 1 saturated heterocycles. The SMILES string of the molecule is COc1cccc(C[S@](=O)[C@H]2CCO[C@H]2C)n1. The number of nitrogens with zero attached hydrogens (tertiary/aromatic N) is 1. The molecule has 1 aromatic rings. The Labute approximate surface area is 104 Å². The van der Waals surface area contributed by atoms with Crippen LogP contribution >= 0.6 is 0 Å². The van der Waals surface area contributed by atoms with E-state index in [-0.39, 0.29) is 11.4 Å². The normalized spacial score (nSPS) is 25.8. The highest BCUT2D eigenvalue weighted by atomic mass is 32.2. The first-order valence-electron chi connectivity index (χ1n) is 5.69. The number of pyridine rings is 1. The average Bonchev–Trinajstić information content (AvgIpc) is 2.76. The van der Waals surface area contributed by atoms with E-state index in [1.54, 1.807) is 13.2 Å². The van der Waals surface area contributed by atoms with Crippen LogP contribution in [-0.2, 0) is 21.3 Å². The van der Waals surface area contributed by atoms with E-state index in [9.17, 15) is 4.21 Å². The fourth-order valence-corrected chi connectivity index (χ4v) is 3.49. The van der Waals surface area contributed by atoms with Gasteiger partial charge in [-0.2, -0.15) is 0 Å². The van der Waals surface area contributed by atoms with Crippen LogP contribution in [0.5, 0.6) is 5.88 Å². The van der Waals surface area contributed by atoms with Gasteiger partial charge in [-0.25, -0.2) is 4.98 Å². The molecule has 0 amide bonds. The van der Waals surface area contributed by atoms with Gasteiger partial charge in [-0.15, -0.1) is 0 Å². The fourth-order valence-electron chi connectivity index (χ4n) is 1.96. The van der Waals surface area contributed by atoms with Crippen molar-refractivity contribution >= 4 is 10.8 Å². The van der Waals surface area contributed by atoms with Crippen LogP contribution in [0.15, 0.2) is 18.2 Å². The van der Waals surface area contributed by atoms with E-state index >= 15 is 0 Å². The van der Waals surface area contributed by atoms with Crippen molar-refractivity contribution in [1.29, 1.82) is 0 Å². The van der Waals surface area contributed by atoms with Crippen molar-refractivity contribution < 1.29 is 13.7 Å². The maximum absolute atomic E-state index is 12.2. The molecule has 1 aliphatic heterocycles. The zero-order valence-corrected chi connectivity index (χ0v) is 10.9. The van der Waals surface area contributed by atoms with Gasteiger partial charge in [-0.1, -0.05) is 6.07 Å². The lowest BCUT2D eigenvalue weighted by atomic mass is 10.3. The Bertz CT molecular complexity index is 410. The summed E-state index contributed by atoms with van der Waals surface area (Å²) in [5, 5.41) is 0.128. The average molecular weight is 255 g/mol. The minimum absolute atomic E-state index is 0.0847. The molecule has 0 unspecified atom stereocenters. The Kier molecular flexibility index (Phi) is 4.12. The van der Waals surface area contributed by atoms with Crippen LogP contribution in [0.4, 0.5) is 0 Å². The van der Waals surface area contributed by atoms with Gasteiger partial charge in [-0.3, -0.25) is 4.21 Å². The van der Waals surface area contributed by atoms with Crippen LogP contribution in [0.2, 0.25) is 0 Å². The van der Waals surface area contributed by atoms with E-state index in [0.717, 1.165) is 12.1 Å². The van der Waals surface area contributed by atoms with E-state index in [1.807, 2.05) is 19.1 Å². The lowest BCUT2D eigenvalue weighted by Crippen LogP contribution is -2.24. The zero-order valence-electron chi connectivity index (χ0n) is 10.1. The number of methoxy groups -OCH3 is 1. The summed E-state index contributed by atoms with van der Waals surface area (Å²) in [5.74, 6) is 1.03. The number of ether oxygens (including phenoxy) is 2. The van der Waals surface area contributed by atoms with Crippen LogP contribution in [0.25, 0.3) is 0 Å². The molecular weight excluding hydrogens is 238 g/mol. The summed E-state index contributed by atoms with van der Waals surface area (Å²) in [6, 6.07) is 5.53. The minimum Gasteiger partial charge on any atom is -0.481 e. The second kappa shape index (κ2) is 5.60. The third-order valence-electron chi connectivity index (χ3n) is 2.92. The van der Waals surface area contributed by atoms with E-state index in [2.05, 4.69) is 4.98 Å². The quantitative estimate of drug-likeness (QED) is 0.818. The van der Waals surface area contributed by atoms with Crippen molar-refractivity contribution in [3.63, 3.8) is 0 Å². The highest BCUT2D eigenvalue weighted by Gasteiger charge is 2.29. The Morgan fingerprint density at radius 2 is 2.41 bits per heavy atom. The summed E-state index contributed by atoms with van der Waals surface area (Å²) in [4.78, 5) is 4.27. The molecule has 0 spiro atoms. The lowest BCUT2D eigenvalue weighted by molar-refractivity contribution is 0.127. The molecule has 3 atom stereocenters. The van der Waals surface area contributed by atoms with Crippen molar-refractivity contribution in [2.45, 2.75) is 30.5 Å². The molecule has 0 N–H and O–H groups in total. The van der Waals surface area contributed by atoms with Crippen LogP contribution in [0, 0.1) is 0 Å². The highest BCUT2D eigenvalue weighted by Crippen LogP contribution is 2.21. The molecule has 5 heteroatoms. The van der Waals surface area contributed by atoms with Gasteiger partial charge in [0, 0.05) is 23.5 Å². The zero-order chi connectivity index (χ0) is 12.3. The fraction of sp³-hybridized carbons (Fsp3) is 0.583. The molecule has 4 nitrogen and oxygen atoms in total. The Morgan fingerprint density at radius 1 is 1.59 bits per heavy atom. The van der Waals surface area contributed by atoms with E-state index in [1.165, 1.54) is 0 Å². The van der Waals surface area contributed by atoms with Gasteiger partial charge in [0.2, 0.25) is 5.88 Å². The molecule has 17 heavy (non-hydrogen) atoms. The topological polar surface area (TPSA) is 48.4 Å². The molecule has 1 aromatic heterocycles. The van der Waals surface area contributed by atoms with Crippen LogP contribution in [0.1, 0.15) is 19.0 Å². The van der Waals surface area contributed by atoms with Gasteiger partial charge in [0.25, 0.3) is 0 Å². The third-order valence-corrected chi connectivity index (χ3v) is 4.80. The smallest absolute Gasteiger partial charge is 0.213 e. The summed E-state index contributed by atoms with van der Waals surface area (Å²) in [5.41, 5.74) is 0.807. The molecule has 1 fully saturated rings. The second-order valence-electron chi connectivity index (χ2n) is 4.10. The molecule has 94 valence electrons. The molecule has 2 rings (SSSR count). The summed E-state index contributed by atoms with van der Waals surface area (Å²) in [7, 11) is 0.650. The van der Waals surface area contributed by atoms with Crippen molar-refractivity contribution in [3.05, 3.63) is 23.9 Å². The van der Waals surface area contributed by atoms with Gasteiger partial charge < -0.3 is 9.47 Å². The standard InChI is InChI=1S/C12H17NO3S/c1-9-11(6-7-16-9)17(14)8-10-4-3-5-12(13-10)15-2/h3-5,9,11H,6-8H2,1-2H3/t9-,11-,17-/m0/s1. The summed E-state index contributed by atoms with van der Waals surface area (Å²) in [6.07, 6.45) is 0.957. The van der Waals surface area contributed by atoms with Gasteiger partial charge in [0.05, 0.1) is 29.9 Å². The minimum atomic E-state index is -0.930. The largest absolute Gasteiger partial charge is 0.481 e. The first-order valence-corrected chi connectivity index (χ1v) is 7.07. The van der Waals surface area contributed by atoms with Gasteiger partial charge >= 0.3 is 0 Å². The number of hydrogen-bond donors (Lipinski definition) is 0. The van der Waals surface area contributed by atoms with E-state index in [4.69, 9.17) is 9.47 Å². The Hall–Kier alpha value is -0.940. The van der Waals surface area contributed by atoms with Crippen LogP contribution < -0.4 is 4.74 Å². The lowest BCUT2D eigenvalue weighted by Gasteiger charge is -2.13. The van der Waals surface area contributed by atoms with Gasteiger partial charge in [-0.05, 0) is 19.4 Å². The summed E-state index contributed by atoms with van der Waals surface area (Å²) < 4.78 is 22.7. The number of aromatic nitrogens is 1. The van der Waals surface area contributed by atoms with Gasteiger partial charge in [0.15, 0.2) is 0 Å². The maximum atomic E-state index is 12.2. The van der Waals surface area contributed by atoms with Crippen LogP contribution in [0.3, 0.4) is 0 Å². The highest BCUT2D eigenvalue weighted by molar-refractivity contribution is 7.84. The predicted molar refractivity (Wildman–Crippen MR) is 66.5 cm³/mol. The molecule has 0 aromatic carbocycles. The molecular formula is C12H17NO3S. The van der Waals surface area contributed by atoms with E-state index in [0.29, 0.717) is 18.2 Å². The first kappa shape index (κ1) is 12.5.